The fourth-order valence-corrected chi connectivity index (χ4v) is 6.71. The molecule has 208 valence electrons. The molecule has 2 saturated heterocycles. The van der Waals surface area contributed by atoms with Crippen LogP contribution in [-0.2, 0) is 11.0 Å². The second kappa shape index (κ2) is 9.88. The first-order valence-corrected chi connectivity index (χ1v) is 13.1. The number of hydrogen-bond donors (Lipinski definition) is 1. The van der Waals surface area contributed by atoms with Gasteiger partial charge in [0.25, 0.3) is 0 Å². The third kappa shape index (κ3) is 5.18. The van der Waals surface area contributed by atoms with Gasteiger partial charge in [0.1, 0.15) is 11.3 Å². The number of alkyl halides is 6. The number of benzene rings is 1. The first-order valence-electron chi connectivity index (χ1n) is 13.1. The maximum atomic E-state index is 14.2. The molecule has 1 N–H and O–H groups in total. The number of carbonyl (C=O) groups is 1. The van der Waals surface area contributed by atoms with E-state index in [2.05, 4.69) is 9.88 Å². The maximum absolute atomic E-state index is 14.2. The Morgan fingerprint density at radius 2 is 1.61 bits per heavy atom. The summed E-state index contributed by atoms with van der Waals surface area (Å²) < 4.78 is 87.2. The molecule has 2 aliphatic heterocycles. The molecule has 5 rings (SSSR count). The van der Waals surface area contributed by atoms with Crippen molar-refractivity contribution in [3.8, 4) is 5.75 Å². The van der Waals surface area contributed by atoms with Gasteiger partial charge in [-0.05, 0) is 76.5 Å². The SMILES string of the molecule is CC(c1ccc2c(C(F)(F)F)c(O[C@H]3CC[C@@H](C(F)(F)F)CC3)ccc2n1)N1C2CCC1CC(C(=O)O)C2. The average molecular weight is 545 g/mol. The van der Waals surface area contributed by atoms with Gasteiger partial charge in [0.05, 0.1) is 29.2 Å². The lowest BCUT2D eigenvalue weighted by Crippen LogP contribution is -2.45. The van der Waals surface area contributed by atoms with E-state index >= 15 is 0 Å². The molecule has 1 aliphatic carbocycles. The molecule has 0 radical (unpaired) electrons. The van der Waals surface area contributed by atoms with Gasteiger partial charge in [-0.1, -0.05) is 6.07 Å². The summed E-state index contributed by atoms with van der Waals surface area (Å²) in [6.45, 7) is 1.94. The molecule has 0 amide bonds. The van der Waals surface area contributed by atoms with Gasteiger partial charge in [-0.25, -0.2) is 0 Å². The summed E-state index contributed by atoms with van der Waals surface area (Å²) in [6.07, 6.45) is -7.17. The van der Waals surface area contributed by atoms with E-state index in [0.717, 1.165) is 12.8 Å². The van der Waals surface area contributed by atoms with Gasteiger partial charge in [-0.15, -0.1) is 0 Å². The lowest BCUT2D eigenvalue weighted by molar-refractivity contribution is -0.185. The highest BCUT2D eigenvalue weighted by molar-refractivity contribution is 5.85. The number of hydrogen-bond acceptors (Lipinski definition) is 4. The zero-order valence-corrected chi connectivity index (χ0v) is 20.9. The first kappa shape index (κ1) is 27.0. The Labute approximate surface area is 216 Å². The number of carboxylic acid groups (broad SMARTS) is 1. The van der Waals surface area contributed by atoms with E-state index in [4.69, 9.17) is 4.74 Å². The van der Waals surface area contributed by atoms with E-state index in [1.165, 1.54) is 18.2 Å². The van der Waals surface area contributed by atoms with Crippen LogP contribution in [0.15, 0.2) is 24.3 Å². The minimum absolute atomic E-state index is 0.0368. The highest BCUT2D eigenvalue weighted by atomic mass is 19.4. The molecule has 1 saturated carbocycles. The van der Waals surface area contributed by atoms with Gasteiger partial charge in [0.2, 0.25) is 0 Å². The monoisotopic (exact) mass is 544 g/mol. The number of aromatic nitrogens is 1. The second-order valence-corrected chi connectivity index (χ2v) is 10.9. The third-order valence-electron chi connectivity index (χ3n) is 8.58. The molecule has 2 bridgehead atoms. The topological polar surface area (TPSA) is 62.7 Å². The lowest BCUT2D eigenvalue weighted by atomic mass is 9.87. The van der Waals surface area contributed by atoms with Crippen molar-refractivity contribution < 1.29 is 41.0 Å². The fraction of sp³-hybridized carbons (Fsp3) is 0.630. The fourth-order valence-electron chi connectivity index (χ4n) is 6.71. The predicted molar refractivity (Wildman–Crippen MR) is 127 cm³/mol. The van der Waals surface area contributed by atoms with Crippen molar-refractivity contribution in [1.29, 1.82) is 0 Å². The molecule has 5 nitrogen and oxygen atoms in total. The molecule has 1 aromatic carbocycles. The van der Waals surface area contributed by atoms with Gasteiger partial charge in [-0.2, -0.15) is 26.3 Å². The van der Waals surface area contributed by atoms with Gasteiger partial charge in [0, 0.05) is 23.5 Å². The van der Waals surface area contributed by atoms with E-state index in [1.807, 2.05) is 6.92 Å². The van der Waals surface area contributed by atoms with Crippen LogP contribution in [0.3, 0.4) is 0 Å². The normalized spacial score (nSPS) is 29.4. The molecule has 3 heterocycles. The van der Waals surface area contributed by atoms with Crippen LogP contribution < -0.4 is 4.74 Å². The molecule has 11 heteroatoms. The number of fused-ring (bicyclic) bond motifs is 3. The summed E-state index contributed by atoms with van der Waals surface area (Å²) in [7, 11) is 0. The Morgan fingerprint density at radius 1 is 0.974 bits per heavy atom. The van der Waals surface area contributed by atoms with Crippen LogP contribution in [0.5, 0.6) is 5.75 Å². The van der Waals surface area contributed by atoms with Crippen molar-refractivity contribution in [2.24, 2.45) is 11.8 Å². The highest BCUT2D eigenvalue weighted by Crippen LogP contribution is 2.46. The van der Waals surface area contributed by atoms with Gasteiger partial charge >= 0.3 is 18.3 Å². The zero-order chi connectivity index (χ0) is 27.4. The summed E-state index contributed by atoms with van der Waals surface area (Å²) in [4.78, 5) is 18.3. The van der Waals surface area contributed by atoms with Crippen LogP contribution in [-0.4, -0.2) is 45.3 Å². The number of aliphatic carboxylic acids is 1. The first-order chi connectivity index (χ1) is 17.8. The van der Waals surface area contributed by atoms with E-state index in [-0.39, 0.29) is 60.6 Å². The van der Waals surface area contributed by atoms with Crippen LogP contribution in [0.4, 0.5) is 26.3 Å². The summed E-state index contributed by atoms with van der Waals surface area (Å²) in [6, 6.07) is 5.63. The summed E-state index contributed by atoms with van der Waals surface area (Å²) in [5.74, 6) is -3.01. The van der Waals surface area contributed by atoms with Crippen LogP contribution in [0.1, 0.15) is 75.6 Å². The molecule has 3 aliphatic rings. The second-order valence-electron chi connectivity index (χ2n) is 10.9. The Kier molecular flexibility index (Phi) is 7.02. The Balaban J connectivity index is 1.39. The lowest BCUT2D eigenvalue weighted by Gasteiger charge is -2.41. The van der Waals surface area contributed by atoms with Gasteiger partial charge in [0.15, 0.2) is 0 Å². The van der Waals surface area contributed by atoms with Crippen molar-refractivity contribution >= 4 is 16.9 Å². The number of carboxylic acids is 1. The van der Waals surface area contributed by atoms with E-state index in [0.29, 0.717) is 18.5 Å². The van der Waals surface area contributed by atoms with E-state index in [1.54, 1.807) is 6.07 Å². The zero-order valence-electron chi connectivity index (χ0n) is 20.9. The molecular weight excluding hydrogens is 514 g/mol. The Bertz CT molecular complexity index is 1180. The summed E-state index contributed by atoms with van der Waals surface area (Å²) in [5, 5.41) is 9.32. The van der Waals surface area contributed by atoms with Crippen LogP contribution >= 0.6 is 0 Å². The molecule has 3 atom stereocenters. The van der Waals surface area contributed by atoms with Crippen molar-refractivity contribution in [1.82, 2.24) is 9.88 Å². The van der Waals surface area contributed by atoms with Crippen molar-refractivity contribution in [2.75, 3.05) is 0 Å². The van der Waals surface area contributed by atoms with Crippen LogP contribution in [0, 0.1) is 11.8 Å². The third-order valence-corrected chi connectivity index (χ3v) is 8.58. The van der Waals surface area contributed by atoms with Gasteiger partial charge < -0.3 is 9.84 Å². The number of piperidine rings is 1. The highest BCUT2D eigenvalue weighted by Gasteiger charge is 2.46. The number of ether oxygens (including phenoxy) is 1. The molecule has 1 aromatic heterocycles. The summed E-state index contributed by atoms with van der Waals surface area (Å²) in [5.41, 5.74) is -0.208. The van der Waals surface area contributed by atoms with Gasteiger partial charge in [-0.3, -0.25) is 14.7 Å². The van der Waals surface area contributed by atoms with Crippen LogP contribution in [0.2, 0.25) is 0 Å². The molecular formula is C27H30F6N2O3. The average Bonchev–Trinajstić information content (AvgIpc) is 3.10. The smallest absolute Gasteiger partial charge is 0.420 e. The van der Waals surface area contributed by atoms with Crippen molar-refractivity contribution in [2.45, 2.75) is 94.9 Å². The van der Waals surface area contributed by atoms with E-state index < -0.39 is 41.7 Å². The molecule has 3 fully saturated rings. The largest absolute Gasteiger partial charge is 0.490 e. The Morgan fingerprint density at radius 3 is 2.16 bits per heavy atom. The Hall–Kier alpha value is -2.56. The minimum Gasteiger partial charge on any atom is -0.490 e. The van der Waals surface area contributed by atoms with E-state index in [9.17, 15) is 36.2 Å². The number of rotatable bonds is 5. The summed E-state index contributed by atoms with van der Waals surface area (Å²) >= 11 is 0. The van der Waals surface area contributed by atoms with Crippen molar-refractivity contribution in [3.05, 3.63) is 35.5 Å². The molecule has 38 heavy (non-hydrogen) atoms. The van der Waals surface area contributed by atoms with Crippen LogP contribution in [0.25, 0.3) is 10.9 Å². The minimum atomic E-state index is -4.75. The number of nitrogens with zero attached hydrogens (tertiary/aromatic N) is 2. The standard InChI is InChI=1S/C27H30F6N2O3/c1-14(35-17-4-5-18(35)13-15(12-17)25(36)37)21-9-8-20-22(34-21)10-11-23(24(20)27(31,32)33)38-19-6-2-16(3-7-19)26(28,29)30/h8-11,14-19H,2-7,12-13H2,1H3,(H,36,37)/t14?,15?,16-,17?,18?,19+. The molecule has 3 unspecified atom stereocenters. The predicted octanol–water partition coefficient (Wildman–Crippen LogP) is 7.14. The number of pyridine rings is 1. The molecule has 2 aromatic rings. The quantitative estimate of drug-likeness (QED) is 0.406. The van der Waals surface area contributed by atoms with Crippen molar-refractivity contribution in [3.63, 3.8) is 0 Å². The number of halogens is 6. The maximum Gasteiger partial charge on any atom is 0.420 e. The molecule has 0 spiro atoms.